The van der Waals surface area contributed by atoms with Crippen LogP contribution in [0.4, 0.5) is 5.69 Å². The van der Waals surface area contributed by atoms with Gasteiger partial charge in [0.15, 0.2) is 0 Å². The van der Waals surface area contributed by atoms with Crippen LogP contribution >= 0.6 is 0 Å². The number of benzene rings is 3. The highest BCUT2D eigenvalue weighted by Gasteiger charge is 2.07. The zero-order valence-corrected chi connectivity index (χ0v) is 18.6. The highest BCUT2D eigenvalue weighted by Crippen LogP contribution is 2.21. The van der Waals surface area contributed by atoms with Crippen LogP contribution in [0.2, 0.25) is 0 Å². The van der Waals surface area contributed by atoms with E-state index in [-0.39, 0.29) is 0 Å². The second kappa shape index (κ2) is 11.4. The predicted molar refractivity (Wildman–Crippen MR) is 129 cm³/mol. The van der Waals surface area contributed by atoms with E-state index in [0.29, 0.717) is 11.8 Å². The van der Waals surface area contributed by atoms with Gasteiger partial charge in [-0.3, -0.25) is 0 Å². The zero-order valence-electron chi connectivity index (χ0n) is 18.6. The molecular formula is C28H35NO. The molecule has 30 heavy (non-hydrogen) atoms. The first-order valence-electron chi connectivity index (χ1n) is 11.2. The average molecular weight is 402 g/mol. The van der Waals surface area contributed by atoms with Crippen LogP contribution in [0, 0.1) is 5.92 Å². The Kier molecular flexibility index (Phi) is 8.38. The Morgan fingerprint density at radius 1 is 0.800 bits per heavy atom. The minimum Gasteiger partial charge on any atom is -0.494 e. The smallest absolute Gasteiger partial charge is 0.121 e. The summed E-state index contributed by atoms with van der Waals surface area (Å²) in [7, 11) is 0. The molecule has 3 aromatic carbocycles. The monoisotopic (exact) mass is 401 g/mol. The Bertz CT molecular complexity index is 871. The van der Waals surface area contributed by atoms with Crippen LogP contribution in [0.3, 0.4) is 0 Å². The van der Waals surface area contributed by atoms with E-state index in [1.807, 2.05) is 6.07 Å². The van der Waals surface area contributed by atoms with Crippen LogP contribution in [0.15, 0.2) is 78.9 Å². The van der Waals surface area contributed by atoms with Crippen LogP contribution < -0.4 is 10.1 Å². The second-order valence-corrected chi connectivity index (χ2v) is 8.59. The van der Waals surface area contributed by atoms with Gasteiger partial charge in [0, 0.05) is 18.3 Å². The number of aryl methyl sites for hydroxylation is 1. The Morgan fingerprint density at radius 2 is 1.57 bits per heavy atom. The minimum atomic E-state index is 0.452. The van der Waals surface area contributed by atoms with Gasteiger partial charge in [0.2, 0.25) is 0 Å². The van der Waals surface area contributed by atoms with Gasteiger partial charge >= 0.3 is 0 Å². The van der Waals surface area contributed by atoms with E-state index in [4.69, 9.17) is 4.74 Å². The quantitative estimate of drug-likeness (QED) is 0.346. The molecule has 0 radical (unpaired) electrons. The molecule has 1 N–H and O–H groups in total. The fourth-order valence-electron chi connectivity index (χ4n) is 3.65. The molecule has 1 atom stereocenters. The number of nitrogens with one attached hydrogen (secondary N) is 1. The Labute approximate surface area is 182 Å². The maximum Gasteiger partial charge on any atom is 0.121 e. The first kappa shape index (κ1) is 22.0. The van der Waals surface area contributed by atoms with Gasteiger partial charge in [0.25, 0.3) is 0 Å². The van der Waals surface area contributed by atoms with Crippen LogP contribution in [-0.4, -0.2) is 13.2 Å². The van der Waals surface area contributed by atoms with Gasteiger partial charge < -0.3 is 10.1 Å². The summed E-state index contributed by atoms with van der Waals surface area (Å²) in [5.74, 6) is 2.08. The average Bonchev–Trinajstić information content (AvgIpc) is 2.76. The second-order valence-electron chi connectivity index (χ2n) is 8.59. The molecule has 2 nitrogen and oxygen atoms in total. The van der Waals surface area contributed by atoms with Crippen molar-refractivity contribution in [3.63, 3.8) is 0 Å². The maximum absolute atomic E-state index is 5.96. The first-order valence-corrected chi connectivity index (χ1v) is 11.2. The van der Waals surface area contributed by atoms with E-state index in [1.165, 1.54) is 16.7 Å². The lowest BCUT2D eigenvalue weighted by Gasteiger charge is -2.16. The highest BCUT2D eigenvalue weighted by molar-refractivity contribution is 5.48. The number of anilines is 1. The normalized spacial score (nSPS) is 12.0. The summed E-state index contributed by atoms with van der Waals surface area (Å²) < 4.78 is 5.96. The molecule has 0 aliphatic heterocycles. The lowest BCUT2D eigenvalue weighted by molar-refractivity contribution is 0.311. The third-order valence-corrected chi connectivity index (χ3v) is 5.36. The van der Waals surface area contributed by atoms with Crippen molar-refractivity contribution >= 4 is 5.69 Å². The van der Waals surface area contributed by atoms with Crippen LogP contribution in [0.5, 0.6) is 5.75 Å². The third kappa shape index (κ3) is 7.26. The van der Waals surface area contributed by atoms with Crippen LogP contribution in [0.1, 0.15) is 49.8 Å². The molecule has 0 aliphatic carbocycles. The molecule has 0 saturated heterocycles. The van der Waals surface area contributed by atoms with Crippen molar-refractivity contribution < 1.29 is 4.74 Å². The Balaban J connectivity index is 1.44. The van der Waals surface area contributed by atoms with Crippen molar-refractivity contribution in [2.75, 3.05) is 18.5 Å². The molecule has 2 heteroatoms. The Hall–Kier alpha value is -2.74. The summed E-state index contributed by atoms with van der Waals surface area (Å²) >= 11 is 0. The molecule has 0 heterocycles. The molecule has 3 aromatic rings. The summed E-state index contributed by atoms with van der Waals surface area (Å²) in [4.78, 5) is 0. The molecular weight excluding hydrogens is 366 g/mol. The number of hydrogen-bond donors (Lipinski definition) is 1. The van der Waals surface area contributed by atoms with Crippen molar-refractivity contribution in [1.82, 2.24) is 0 Å². The summed E-state index contributed by atoms with van der Waals surface area (Å²) in [6.07, 6.45) is 3.21. The van der Waals surface area contributed by atoms with Crippen LogP contribution in [-0.2, 0) is 12.8 Å². The first-order chi connectivity index (χ1) is 14.6. The third-order valence-electron chi connectivity index (χ3n) is 5.36. The molecule has 0 fully saturated rings. The number of hydrogen-bond acceptors (Lipinski definition) is 2. The van der Waals surface area contributed by atoms with Gasteiger partial charge in [0.05, 0.1) is 6.61 Å². The van der Waals surface area contributed by atoms with E-state index >= 15 is 0 Å². The minimum absolute atomic E-state index is 0.452. The molecule has 0 aromatic heterocycles. The largest absolute Gasteiger partial charge is 0.494 e. The van der Waals surface area contributed by atoms with E-state index in [0.717, 1.165) is 43.9 Å². The molecule has 3 rings (SSSR count). The molecule has 1 unspecified atom stereocenters. The summed E-state index contributed by atoms with van der Waals surface area (Å²) in [6, 6.07) is 28.0. The molecule has 0 amide bonds. The van der Waals surface area contributed by atoms with Gasteiger partial charge in [-0.15, -0.1) is 0 Å². The number of ether oxygens (including phenoxy) is 1. The van der Waals surface area contributed by atoms with E-state index in [2.05, 4.69) is 98.9 Å². The van der Waals surface area contributed by atoms with Crippen LogP contribution in [0.25, 0.3) is 0 Å². The topological polar surface area (TPSA) is 21.3 Å². The molecule has 0 bridgehead atoms. The van der Waals surface area contributed by atoms with Gasteiger partial charge in [-0.25, -0.2) is 0 Å². The van der Waals surface area contributed by atoms with Gasteiger partial charge in [-0.05, 0) is 59.9 Å². The molecule has 0 spiro atoms. The van der Waals surface area contributed by atoms with Gasteiger partial charge in [-0.1, -0.05) is 81.4 Å². The van der Waals surface area contributed by atoms with Gasteiger partial charge in [-0.2, -0.15) is 0 Å². The van der Waals surface area contributed by atoms with Crippen molar-refractivity contribution in [2.24, 2.45) is 5.92 Å². The van der Waals surface area contributed by atoms with E-state index in [9.17, 15) is 0 Å². The summed E-state index contributed by atoms with van der Waals surface area (Å²) in [5.41, 5.74) is 5.27. The molecule has 158 valence electrons. The van der Waals surface area contributed by atoms with E-state index < -0.39 is 0 Å². The molecule has 0 saturated carbocycles. The van der Waals surface area contributed by atoms with Crippen molar-refractivity contribution in [1.29, 1.82) is 0 Å². The van der Waals surface area contributed by atoms with Crippen molar-refractivity contribution in [3.8, 4) is 5.75 Å². The van der Waals surface area contributed by atoms with Crippen molar-refractivity contribution in [3.05, 3.63) is 95.6 Å². The molecule has 0 aliphatic rings. The SMILES string of the molecule is CC(C)Cc1ccc(C(C)CNc2cccc(OCCCc3ccccc3)c2)cc1. The zero-order chi connectivity index (χ0) is 21.2. The summed E-state index contributed by atoms with van der Waals surface area (Å²) in [5, 5.41) is 3.57. The Morgan fingerprint density at radius 3 is 2.30 bits per heavy atom. The van der Waals surface area contributed by atoms with Gasteiger partial charge in [0.1, 0.15) is 5.75 Å². The maximum atomic E-state index is 5.96. The predicted octanol–water partition coefficient (Wildman–Crippen LogP) is 7.11. The van der Waals surface area contributed by atoms with Crippen molar-refractivity contribution in [2.45, 2.75) is 46.0 Å². The fourth-order valence-corrected chi connectivity index (χ4v) is 3.65. The highest BCUT2D eigenvalue weighted by atomic mass is 16.5. The van der Waals surface area contributed by atoms with E-state index in [1.54, 1.807) is 0 Å². The number of rotatable bonds is 11. The summed E-state index contributed by atoms with van der Waals surface area (Å²) in [6.45, 7) is 8.44. The fraction of sp³-hybridized carbons (Fsp3) is 0.357. The lowest BCUT2D eigenvalue weighted by atomic mass is 9.97. The lowest BCUT2D eigenvalue weighted by Crippen LogP contribution is -2.10. The standard InChI is InChI=1S/C28H35NO/c1-22(2)19-25-14-16-26(17-15-25)23(3)21-29-27-12-7-13-28(20-27)30-18-8-11-24-9-5-4-6-10-24/h4-7,9-10,12-17,20,22-23,29H,8,11,18-19,21H2,1-3H3.